The van der Waals surface area contributed by atoms with Crippen molar-refractivity contribution in [2.45, 2.75) is 56.9 Å². The largest absolute Gasteiger partial charge is 0.345 e. The molecule has 1 heterocycles. The predicted octanol–water partition coefficient (Wildman–Crippen LogP) is 2.78. The predicted molar refractivity (Wildman–Crippen MR) is 111 cm³/mol. The molecule has 0 aromatic heterocycles. The number of rotatable bonds is 6. The molecule has 1 fully saturated rings. The van der Waals surface area contributed by atoms with E-state index < -0.39 is 15.6 Å². The van der Waals surface area contributed by atoms with E-state index >= 15 is 0 Å². The van der Waals surface area contributed by atoms with Crippen LogP contribution in [0.2, 0.25) is 0 Å². The van der Waals surface area contributed by atoms with Gasteiger partial charge >= 0.3 is 0 Å². The molecule has 1 aromatic rings. The van der Waals surface area contributed by atoms with Gasteiger partial charge < -0.3 is 11.1 Å². The molecule has 6 nitrogen and oxygen atoms in total. The number of benzene rings is 1. The zero-order valence-electron chi connectivity index (χ0n) is 16.4. The van der Waals surface area contributed by atoms with Crippen molar-refractivity contribution < 1.29 is 13.2 Å². The van der Waals surface area contributed by atoms with Crippen molar-refractivity contribution in [2.75, 3.05) is 19.6 Å². The summed E-state index contributed by atoms with van der Waals surface area (Å²) in [6.45, 7) is 7.27. The number of nitrogens with zero attached hydrogens (tertiary/aromatic N) is 1. The van der Waals surface area contributed by atoms with Crippen LogP contribution in [-0.4, -0.2) is 43.8 Å². The molecule has 0 bridgehead atoms. The Hall–Kier alpha value is -1.15. The van der Waals surface area contributed by atoms with Crippen LogP contribution >= 0.6 is 12.4 Å². The molecule has 1 amide bonds. The van der Waals surface area contributed by atoms with Gasteiger partial charge in [-0.2, -0.15) is 4.31 Å². The summed E-state index contributed by atoms with van der Waals surface area (Å²) in [6, 6.07) is 6.28. The van der Waals surface area contributed by atoms with Crippen molar-refractivity contribution in [3.8, 4) is 0 Å². The van der Waals surface area contributed by atoms with Gasteiger partial charge in [0.1, 0.15) is 0 Å². The molecule has 1 atom stereocenters. The van der Waals surface area contributed by atoms with Crippen molar-refractivity contribution in [3.63, 3.8) is 0 Å². The lowest BCUT2D eigenvalue weighted by Crippen LogP contribution is -2.55. The molecular weight excluding hydrogens is 386 g/mol. The maximum atomic E-state index is 12.9. The standard InChI is InChI=1S/C19H31N3O3S.ClH/c1-15(2)19(3,14-20)21-18(23)16-9-8-10-17(13-16)26(24,25)22-11-6-4-5-7-12-22;/h8-10,13,15H,4-7,11-12,14,20H2,1-3H3,(H,21,23);1H. The SMILES string of the molecule is CC(C)C(C)(CN)NC(=O)c1cccc(S(=O)(=O)N2CCCCCC2)c1.Cl. The maximum absolute atomic E-state index is 12.9. The van der Waals surface area contributed by atoms with Crippen LogP contribution in [0.3, 0.4) is 0 Å². The number of halogens is 1. The fraction of sp³-hybridized carbons (Fsp3) is 0.632. The van der Waals surface area contributed by atoms with Crippen LogP contribution in [0, 0.1) is 5.92 Å². The second-order valence-corrected chi connectivity index (χ2v) is 9.51. The molecule has 0 radical (unpaired) electrons. The van der Waals surface area contributed by atoms with Gasteiger partial charge in [-0.05, 0) is 43.9 Å². The number of carbonyl (C=O) groups is 1. The second kappa shape index (κ2) is 9.87. The Bertz CT molecular complexity index is 731. The molecule has 27 heavy (non-hydrogen) atoms. The van der Waals surface area contributed by atoms with Crippen LogP contribution in [0.5, 0.6) is 0 Å². The number of nitrogens with one attached hydrogen (secondary N) is 1. The number of sulfonamides is 1. The fourth-order valence-electron chi connectivity index (χ4n) is 2.99. The summed E-state index contributed by atoms with van der Waals surface area (Å²) in [4.78, 5) is 12.8. The summed E-state index contributed by atoms with van der Waals surface area (Å²) >= 11 is 0. The average Bonchev–Trinajstić information content (AvgIpc) is 2.91. The highest BCUT2D eigenvalue weighted by Crippen LogP contribution is 2.22. The van der Waals surface area contributed by atoms with E-state index in [1.807, 2.05) is 20.8 Å². The Labute approximate surface area is 169 Å². The number of carbonyl (C=O) groups excluding carboxylic acids is 1. The smallest absolute Gasteiger partial charge is 0.251 e. The molecule has 1 unspecified atom stereocenters. The lowest BCUT2D eigenvalue weighted by Gasteiger charge is -2.33. The molecule has 0 aliphatic carbocycles. The first-order chi connectivity index (χ1) is 12.2. The van der Waals surface area contributed by atoms with Crippen molar-refractivity contribution >= 4 is 28.3 Å². The minimum Gasteiger partial charge on any atom is -0.345 e. The van der Waals surface area contributed by atoms with Crippen molar-refractivity contribution in [3.05, 3.63) is 29.8 Å². The molecule has 1 aliphatic heterocycles. The molecular formula is C19H32ClN3O3S. The van der Waals surface area contributed by atoms with Crippen molar-refractivity contribution in [2.24, 2.45) is 11.7 Å². The first kappa shape index (κ1) is 23.9. The van der Waals surface area contributed by atoms with E-state index in [0.717, 1.165) is 25.7 Å². The van der Waals surface area contributed by atoms with Crippen LogP contribution in [-0.2, 0) is 10.0 Å². The van der Waals surface area contributed by atoms with Crippen LogP contribution in [0.15, 0.2) is 29.2 Å². The van der Waals surface area contributed by atoms with E-state index in [1.165, 1.54) is 10.4 Å². The molecule has 154 valence electrons. The van der Waals surface area contributed by atoms with Gasteiger partial charge in [-0.1, -0.05) is 32.8 Å². The molecule has 1 aromatic carbocycles. The third-order valence-electron chi connectivity index (χ3n) is 5.40. The summed E-state index contributed by atoms with van der Waals surface area (Å²) in [6.07, 6.45) is 3.87. The van der Waals surface area contributed by atoms with E-state index in [1.54, 1.807) is 18.2 Å². The minimum absolute atomic E-state index is 0. The highest BCUT2D eigenvalue weighted by molar-refractivity contribution is 7.89. The summed E-state index contributed by atoms with van der Waals surface area (Å²) in [7, 11) is -3.58. The number of hydrogen-bond acceptors (Lipinski definition) is 4. The Morgan fingerprint density at radius 3 is 2.33 bits per heavy atom. The first-order valence-corrected chi connectivity index (χ1v) is 10.8. The van der Waals surface area contributed by atoms with Crippen LogP contribution in [0.4, 0.5) is 0 Å². The van der Waals surface area contributed by atoms with Crippen LogP contribution in [0.1, 0.15) is 56.8 Å². The zero-order chi connectivity index (χ0) is 19.4. The Kier molecular flexibility index (Phi) is 8.73. The van der Waals surface area contributed by atoms with E-state index in [9.17, 15) is 13.2 Å². The highest BCUT2D eigenvalue weighted by Gasteiger charge is 2.30. The van der Waals surface area contributed by atoms with E-state index in [0.29, 0.717) is 25.2 Å². The van der Waals surface area contributed by atoms with Crippen molar-refractivity contribution in [1.29, 1.82) is 0 Å². The molecule has 8 heteroatoms. The van der Waals surface area contributed by atoms with Gasteiger partial charge in [-0.3, -0.25) is 4.79 Å². The Morgan fingerprint density at radius 1 is 1.22 bits per heavy atom. The van der Waals surface area contributed by atoms with Gasteiger partial charge in [0.15, 0.2) is 0 Å². The molecule has 0 saturated carbocycles. The van der Waals surface area contributed by atoms with Gasteiger partial charge in [-0.15, -0.1) is 12.4 Å². The van der Waals surface area contributed by atoms with Gasteiger partial charge in [0, 0.05) is 25.2 Å². The number of hydrogen-bond donors (Lipinski definition) is 2. The molecule has 0 spiro atoms. The summed E-state index contributed by atoms with van der Waals surface area (Å²) < 4.78 is 27.4. The molecule has 2 rings (SSSR count). The van der Waals surface area contributed by atoms with E-state index in [-0.39, 0.29) is 29.1 Å². The van der Waals surface area contributed by atoms with Crippen LogP contribution < -0.4 is 11.1 Å². The molecule has 1 aliphatic rings. The highest BCUT2D eigenvalue weighted by atomic mass is 35.5. The third-order valence-corrected chi connectivity index (χ3v) is 7.29. The molecule has 1 saturated heterocycles. The maximum Gasteiger partial charge on any atom is 0.251 e. The first-order valence-electron chi connectivity index (χ1n) is 9.33. The Balaban J connectivity index is 0.00000364. The van der Waals surface area contributed by atoms with E-state index in [2.05, 4.69) is 5.32 Å². The monoisotopic (exact) mass is 417 g/mol. The van der Waals surface area contributed by atoms with E-state index in [4.69, 9.17) is 5.73 Å². The number of nitrogens with two attached hydrogens (primary N) is 1. The quantitative estimate of drug-likeness (QED) is 0.744. The van der Waals surface area contributed by atoms with Crippen molar-refractivity contribution in [1.82, 2.24) is 9.62 Å². The zero-order valence-corrected chi connectivity index (χ0v) is 18.0. The van der Waals surface area contributed by atoms with Gasteiger partial charge in [0.2, 0.25) is 10.0 Å². The summed E-state index contributed by atoms with van der Waals surface area (Å²) in [5, 5.41) is 2.95. The van der Waals surface area contributed by atoms with Crippen LogP contribution in [0.25, 0.3) is 0 Å². The normalized spacial score (nSPS) is 18.3. The minimum atomic E-state index is -3.58. The summed E-state index contributed by atoms with van der Waals surface area (Å²) in [5.41, 5.74) is 5.62. The fourth-order valence-corrected chi connectivity index (χ4v) is 4.55. The summed E-state index contributed by atoms with van der Waals surface area (Å²) in [5.74, 6) is -0.153. The Morgan fingerprint density at radius 2 is 1.81 bits per heavy atom. The lowest BCUT2D eigenvalue weighted by molar-refractivity contribution is 0.0883. The van der Waals surface area contributed by atoms with Gasteiger partial charge in [0.05, 0.1) is 10.4 Å². The van der Waals surface area contributed by atoms with Gasteiger partial charge in [-0.25, -0.2) is 8.42 Å². The third kappa shape index (κ3) is 5.67. The second-order valence-electron chi connectivity index (χ2n) is 7.58. The molecule has 3 N–H and O–H groups in total. The average molecular weight is 418 g/mol. The van der Waals surface area contributed by atoms with Gasteiger partial charge in [0.25, 0.3) is 5.91 Å². The number of amides is 1. The topological polar surface area (TPSA) is 92.5 Å². The lowest BCUT2D eigenvalue weighted by atomic mass is 9.88.